The molecule has 6 nitrogen and oxygen atoms in total. The second-order valence-electron chi connectivity index (χ2n) is 22.7. The molecule has 82 heavy (non-hydrogen) atoms. The van der Waals surface area contributed by atoms with Gasteiger partial charge in [-0.15, -0.1) is 0 Å². The molecule has 0 amide bonds. The zero-order chi connectivity index (χ0) is 59.2. The van der Waals surface area contributed by atoms with Crippen molar-refractivity contribution in [3.05, 3.63) is 122 Å². The first-order valence-corrected chi connectivity index (χ1v) is 34.5. The number of rotatable bonds is 62. The second-order valence-corrected chi connectivity index (χ2v) is 22.7. The maximum absolute atomic E-state index is 12.9. The van der Waals surface area contributed by atoms with Gasteiger partial charge in [-0.05, 0) is 135 Å². The van der Waals surface area contributed by atoms with Gasteiger partial charge in [-0.3, -0.25) is 14.4 Å². The van der Waals surface area contributed by atoms with Crippen molar-refractivity contribution in [3.63, 3.8) is 0 Å². The van der Waals surface area contributed by atoms with Gasteiger partial charge in [0, 0.05) is 19.3 Å². The highest BCUT2D eigenvalue weighted by molar-refractivity contribution is 5.71. The van der Waals surface area contributed by atoms with E-state index in [1.165, 1.54) is 154 Å². The number of ether oxygens (including phenoxy) is 3. The fourth-order valence-corrected chi connectivity index (χ4v) is 9.51. The average molecular weight is 1140 g/mol. The van der Waals surface area contributed by atoms with Crippen LogP contribution in [0.4, 0.5) is 0 Å². The highest BCUT2D eigenvalue weighted by atomic mass is 16.6. The van der Waals surface area contributed by atoms with Crippen molar-refractivity contribution < 1.29 is 28.6 Å². The SMILES string of the molecule is CC/C=C\C/C=C\C/C=C\C/C=C\C/C=C\C/C=C\CCCCCCCCCCCCCCCCC(=O)OCC(COC(=O)CCCCCCC/C=C\CCCCC)OC(=O)CCCCCCCC/C=C\C/C=C\C/C=C\CCCCC. The summed E-state index contributed by atoms with van der Waals surface area (Å²) < 4.78 is 16.9. The zero-order valence-corrected chi connectivity index (χ0v) is 53.7. The van der Waals surface area contributed by atoms with Gasteiger partial charge in [0.05, 0.1) is 0 Å². The van der Waals surface area contributed by atoms with E-state index in [-0.39, 0.29) is 31.1 Å². The number of allylic oxidation sites excluding steroid dienone is 20. The van der Waals surface area contributed by atoms with E-state index in [4.69, 9.17) is 14.2 Å². The molecule has 468 valence electrons. The van der Waals surface area contributed by atoms with Crippen LogP contribution in [-0.4, -0.2) is 37.2 Å². The van der Waals surface area contributed by atoms with Gasteiger partial charge < -0.3 is 14.2 Å². The molecule has 0 saturated heterocycles. The summed E-state index contributed by atoms with van der Waals surface area (Å²) in [6.45, 7) is 6.48. The molecule has 1 atom stereocenters. The Kier molecular flexibility index (Phi) is 65.8. The van der Waals surface area contributed by atoms with Crippen LogP contribution in [0.1, 0.15) is 323 Å². The summed E-state index contributed by atoms with van der Waals surface area (Å²) in [5.41, 5.74) is 0. The van der Waals surface area contributed by atoms with E-state index in [9.17, 15) is 14.4 Å². The average Bonchev–Trinajstić information content (AvgIpc) is 3.47. The van der Waals surface area contributed by atoms with Crippen molar-refractivity contribution in [1.82, 2.24) is 0 Å². The largest absolute Gasteiger partial charge is 0.462 e. The Morgan fingerprint density at radius 3 is 0.756 bits per heavy atom. The van der Waals surface area contributed by atoms with Crippen molar-refractivity contribution in [2.24, 2.45) is 0 Å². The Morgan fingerprint density at radius 2 is 0.476 bits per heavy atom. The van der Waals surface area contributed by atoms with Gasteiger partial charge >= 0.3 is 17.9 Å². The van der Waals surface area contributed by atoms with Crippen LogP contribution in [0.5, 0.6) is 0 Å². The molecule has 0 heterocycles. The monoisotopic (exact) mass is 1140 g/mol. The van der Waals surface area contributed by atoms with Crippen molar-refractivity contribution in [1.29, 1.82) is 0 Å². The number of unbranched alkanes of at least 4 members (excludes halogenated alkanes) is 31. The molecule has 0 rings (SSSR count). The summed E-state index contributed by atoms with van der Waals surface area (Å²) in [5, 5.41) is 0. The molecule has 0 aromatic heterocycles. The predicted octanol–water partition coefficient (Wildman–Crippen LogP) is 23.9. The summed E-state index contributed by atoms with van der Waals surface area (Å²) in [4.78, 5) is 38.3. The van der Waals surface area contributed by atoms with Crippen LogP contribution in [0.25, 0.3) is 0 Å². The van der Waals surface area contributed by atoms with E-state index in [0.29, 0.717) is 19.3 Å². The maximum atomic E-state index is 12.9. The maximum Gasteiger partial charge on any atom is 0.306 e. The summed E-state index contributed by atoms with van der Waals surface area (Å²) in [7, 11) is 0. The van der Waals surface area contributed by atoms with Gasteiger partial charge in [-0.1, -0.05) is 290 Å². The third-order valence-corrected chi connectivity index (χ3v) is 14.7. The standard InChI is InChI=1S/C76H128O6/c1-4-7-10-13-16-19-22-25-27-29-31-32-33-34-35-36-37-38-39-40-41-42-43-44-46-47-49-51-54-57-60-63-66-69-75(78)81-72-73(71-80-74(77)68-65-62-59-56-53-24-21-18-15-12-9-6-3)82-76(79)70-67-64-61-58-55-52-50-48-45-30-28-26-23-20-17-14-11-8-5-2/h7,10,16-21,25-28,31-32,34-35,37-38,45,48,73H,4-6,8-9,11-15,22-24,29-30,33,36,39-44,46-47,49-72H2,1-3H3/b10-7-,19-16-,20-17-,21-18-,27-25-,28-26-,32-31-,35-34-,38-37-,48-45-. The molecule has 0 aromatic carbocycles. The quantitative estimate of drug-likeness (QED) is 0.0261. The molecule has 0 saturated carbocycles. The Morgan fingerprint density at radius 1 is 0.256 bits per heavy atom. The van der Waals surface area contributed by atoms with Gasteiger partial charge in [0.15, 0.2) is 6.10 Å². The topological polar surface area (TPSA) is 78.9 Å². The van der Waals surface area contributed by atoms with Crippen LogP contribution in [0.3, 0.4) is 0 Å². The van der Waals surface area contributed by atoms with E-state index < -0.39 is 6.10 Å². The van der Waals surface area contributed by atoms with Gasteiger partial charge in [-0.25, -0.2) is 0 Å². The summed E-state index contributed by atoms with van der Waals surface area (Å²) in [5.74, 6) is -0.900. The van der Waals surface area contributed by atoms with Gasteiger partial charge in [0.1, 0.15) is 13.2 Å². The number of hydrogen-bond donors (Lipinski definition) is 0. The molecular weight excluding hydrogens is 1010 g/mol. The Balaban J connectivity index is 4.23. The molecule has 1 unspecified atom stereocenters. The minimum atomic E-state index is -0.791. The van der Waals surface area contributed by atoms with Gasteiger partial charge in [0.2, 0.25) is 0 Å². The van der Waals surface area contributed by atoms with E-state index >= 15 is 0 Å². The summed E-state index contributed by atoms with van der Waals surface area (Å²) in [6, 6.07) is 0. The molecule has 0 aliphatic rings. The number of esters is 3. The molecular formula is C76H128O6. The Labute approximate surface area is 507 Å². The summed E-state index contributed by atoms with van der Waals surface area (Å²) in [6.07, 6.45) is 96.5. The lowest BCUT2D eigenvalue weighted by atomic mass is 10.0. The Hall–Kier alpha value is -4.19. The molecule has 0 aliphatic heterocycles. The lowest BCUT2D eigenvalue weighted by Gasteiger charge is -2.18. The van der Waals surface area contributed by atoms with E-state index in [1.54, 1.807) is 0 Å². The fourth-order valence-electron chi connectivity index (χ4n) is 9.51. The first-order chi connectivity index (χ1) is 40.5. The molecule has 0 fully saturated rings. The molecule has 0 radical (unpaired) electrons. The second kappa shape index (κ2) is 69.3. The minimum absolute atomic E-state index is 0.0861. The number of carbonyl (C=O) groups is 3. The minimum Gasteiger partial charge on any atom is -0.462 e. The smallest absolute Gasteiger partial charge is 0.306 e. The molecule has 0 bridgehead atoms. The molecule has 6 heteroatoms. The fraction of sp³-hybridized carbons (Fsp3) is 0.697. The van der Waals surface area contributed by atoms with Crippen LogP contribution in [0.2, 0.25) is 0 Å². The predicted molar refractivity (Wildman–Crippen MR) is 357 cm³/mol. The highest BCUT2D eigenvalue weighted by Crippen LogP contribution is 2.16. The first kappa shape index (κ1) is 77.8. The molecule has 0 aromatic rings. The third kappa shape index (κ3) is 66.6. The highest BCUT2D eigenvalue weighted by Gasteiger charge is 2.19. The van der Waals surface area contributed by atoms with Crippen LogP contribution in [0, 0.1) is 0 Å². The lowest BCUT2D eigenvalue weighted by Crippen LogP contribution is -2.30. The van der Waals surface area contributed by atoms with Crippen molar-refractivity contribution in [2.45, 2.75) is 329 Å². The van der Waals surface area contributed by atoms with Gasteiger partial charge in [-0.2, -0.15) is 0 Å². The first-order valence-electron chi connectivity index (χ1n) is 34.5. The van der Waals surface area contributed by atoms with Crippen LogP contribution in [-0.2, 0) is 28.6 Å². The molecule has 0 spiro atoms. The van der Waals surface area contributed by atoms with E-state index in [0.717, 1.165) is 128 Å². The number of hydrogen-bond acceptors (Lipinski definition) is 6. The Bertz CT molecular complexity index is 1690. The normalized spacial score (nSPS) is 12.9. The zero-order valence-electron chi connectivity index (χ0n) is 53.7. The van der Waals surface area contributed by atoms with E-state index in [1.807, 2.05) is 0 Å². The number of carbonyl (C=O) groups excluding carboxylic acids is 3. The van der Waals surface area contributed by atoms with Crippen LogP contribution < -0.4 is 0 Å². The third-order valence-electron chi connectivity index (χ3n) is 14.7. The molecule has 0 aliphatic carbocycles. The molecule has 0 N–H and O–H groups in total. The summed E-state index contributed by atoms with van der Waals surface area (Å²) >= 11 is 0. The van der Waals surface area contributed by atoms with Crippen LogP contribution >= 0.6 is 0 Å². The van der Waals surface area contributed by atoms with E-state index in [2.05, 4.69) is 142 Å². The van der Waals surface area contributed by atoms with Gasteiger partial charge in [0.25, 0.3) is 0 Å². The van der Waals surface area contributed by atoms with Crippen molar-refractivity contribution >= 4 is 17.9 Å². The van der Waals surface area contributed by atoms with Crippen molar-refractivity contribution in [3.8, 4) is 0 Å². The van der Waals surface area contributed by atoms with Crippen LogP contribution in [0.15, 0.2) is 122 Å². The lowest BCUT2D eigenvalue weighted by molar-refractivity contribution is -0.167. The van der Waals surface area contributed by atoms with Crippen molar-refractivity contribution in [2.75, 3.05) is 13.2 Å².